The minimum absolute atomic E-state index is 0.0176. The summed E-state index contributed by atoms with van der Waals surface area (Å²) in [6.45, 7) is 0.431. The summed E-state index contributed by atoms with van der Waals surface area (Å²) in [5.41, 5.74) is 1.35. The number of urea groups is 1. The number of fused-ring (bicyclic) bond motifs is 1. The Hall–Kier alpha value is -1.71. The van der Waals surface area contributed by atoms with Crippen LogP contribution < -0.4 is 21.4 Å². The van der Waals surface area contributed by atoms with Gasteiger partial charge in [-0.05, 0) is 23.9 Å². The van der Waals surface area contributed by atoms with E-state index in [1.54, 1.807) is 24.3 Å². The lowest BCUT2D eigenvalue weighted by Crippen LogP contribution is -2.36. The monoisotopic (exact) mass is 377 g/mol. The summed E-state index contributed by atoms with van der Waals surface area (Å²) in [6.07, 6.45) is 3.29. The number of unbranched alkanes of at least 4 members (excludes halogenated alkanes) is 1. The van der Waals surface area contributed by atoms with Gasteiger partial charge >= 0.3 is 13.1 Å². The molecule has 0 spiro atoms. The van der Waals surface area contributed by atoms with Crippen molar-refractivity contribution < 1.29 is 19.6 Å². The number of hydrogen-bond acceptors (Lipinski definition) is 5. The molecule has 3 rings (SSSR count). The molecule has 26 heavy (non-hydrogen) atoms. The Balaban J connectivity index is 1.30. The van der Waals surface area contributed by atoms with Crippen LogP contribution in [-0.2, 0) is 11.3 Å². The first-order chi connectivity index (χ1) is 12.5. The van der Waals surface area contributed by atoms with Crippen molar-refractivity contribution >= 4 is 36.3 Å². The lowest BCUT2D eigenvalue weighted by molar-refractivity contribution is -0.121. The molecule has 2 aliphatic rings. The maximum absolute atomic E-state index is 11.9. The van der Waals surface area contributed by atoms with Gasteiger partial charge in [0.25, 0.3) is 0 Å². The topological polar surface area (TPSA) is 111 Å². The van der Waals surface area contributed by atoms with Gasteiger partial charge in [-0.25, -0.2) is 4.79 Å². The number of benzene rings is 1. The first-order valence-corrected chi connectivity index (χ1v) is 9.98. The number of nitrogens with one attached hydrogen (secondary N) is 3. The minimum atomic E-state index is -1.47. The van der Waals surface area contributed by atoms with E-state index in [-0.39, 0.29) is 24.0 Å². The lowest BCUT2D eigenvalue weighted by atomic mass is 9.80. The molecule has 3 amide bonds. The summed E-state index contributed by atoms with van der Waals surface area (Å²) in [5.74, 6) is 0.977. The molecule has 3 atom stereocenters. The van der Waals surface area contributed by atoms with E-state index in [1.165, 1.54) is 0 Å². The second-order valence-corrected chi connectivity index (χ2v) is 8.03. The summed E-state index contributed by atoms with van der Waals surface area (Å²) in [5, 5.41) is 27.3. The minimum Gasteiger partial charge on any atom is -0.423 e. The van der Waals surface area contributed by atoms with Gasteiger partial charge in [0.2, 0.25) is 5.91 Å². The van der Waals surface area contributed by atoms with Crippen LogP contribution in [0.15, 0.2) is 24.3 Å². The van der Waals surface area contributed by atoms with Gasteiger partial charge in [-0.1, -0.05) is 30.7 Å². The molecule has 2 fully saturated rings. The predicted molar refractivity (Wildman–Crippen MR) is 102 cm³/mol. The fourth-order valence-electron chi connectivity index (χ4n) is 3.37. The average Bonchev–Trinajstić information content (AvgIpc) is 3.16. The SMILES string of the molecule is O=C(CCCC[C@@H]1SC[C@@H]2NC(=O)N[C@@H]21)NCc1ccc(B(O)O)cc1. The van der Waals surface area contributed by atoms with Crippen molar-refractivity contribution in [2.24, 2.45) is 0 Å². The highest BCUT2D eigenvalue weighted by atomic mass is 32.2. The molecule has 0 aromatic heterocycles. The number of amides is 3. The van der Waals surface area contributed by atoms with Crippen LogP contribution in [0.5, 0.6) is 0 Å². The van der Waals surface area contributed by atoms with Crippen molar-refractivity contribution in [3.63, 3.8) is 0 Å². The van der Waals surface area contributed by atoms with Crippen LogP contribution in [0.2, 0.25) is 0 Å². The first kappa shape index (κ1) is 19.1. The van der Waals surface area contributed by atoms with E-state index in [0.717, 1.165) is 30.6 Å². The highest BCUT2D eigenvalue weighted by Crippen LogP contribution is 2.33. The van der Waals surface area contributed by atoms with Crippen molar-refractivity contribution in [1.29, 1.82) is 0 Å². The number of thioether (sulfide) groups is 1. The molecule has 0 bridgehead atoms. The zero-order valence-electron chi connectivity index (χ0n) is 14.5. The summed E-state index contributed by atoms with van der Waals surface area (Å²) >= 11 is 1.89. The molecule has 1 aromatic carbocycles. The van der Waals surface area contributed by atoms with Gasteiger partial charge in [0.05, 0.1) is 12.1 Å². The van der Waals surface area contributed by atoms with Crippen LogP contribution in [0.1, 0.15) is 31.2 Å². The van der Waals surface area contributed by atoms with Crippen LogP contribution >= 0.6 is 11.8 Å². The van der Waals surface area contributed by atoms with E-state index < -0.39 is 7.12 Å². The number of carbonyl (C=O) groups excluding carboxylic acids is 2. The lowest BCUT2D eigenvalue weighted by Gasteiger charge is -2.16. The molecule has 2 aliphatic heterocycles. The van der Waals surface area contributed by atoms with Gasteiger partial charge in [-0.2, -0.15) is 11.8 Å². The zero-order chi connectivity index (χ0) is 18.5. The Morgan fingerprint density at radius 2 is 2.00 bits per heavy atom. The molecular weight excluding hydrogens is 353 g/mol. The van der Waals surface area contributed by atoms with E-state index in [4.69, 9.17) is 10.0 Å². The molecule has 0 radical (unpaired) electrons. The van der Waals surface area contributed by atoms with Gasteiger partial charge in [0.15, 0.2) is 0 Å². The Morgan fingerprint density at radius 1 is 1.23 bits per heavy atom. The molecule has 140 valence electrons. The largest absolute Gasteiger partial charge is 0.488 e. The van der Waals surface area contributed by atoms with E-state index in [9.17, 15) is 9.59 Å². The standard InChI is InChI=1S/C17H24BN3O4S/c22-15(19-9-11-5-7-12(8-6-11)18(24)25)4-2-1-3-14-16-13(10-26-14)20-17(23)21-16/h5-8,13-14,16,24-25H,1-4,9-10H2,(H,19,22)(H2,20,21,23)/t13-,14-,16-/m0/s1. The molecule has 2 heterocycles. The third-order valence-corrected chi connectivity index (χ3v) is 6.36. The van der Waals surface area contributed by atoms with Crippen molar-refractivity contribution in [1.82, 2.24) is 16.0 Å². The molecule has 7 nitrogen and oxygen atoms in total. The van der Waals surface area contributed by atoms with Crippen molar-refractivity contribution in [3.8, 4) is 0 Å². The second-order valence-electron chi connectivity index (χ2n) is 6.76. The van der Waals surface area contributed by atoms with Gasteiger partial charge in [-0.3, -0.25) is 4.79 Å². The summed E-state index contributed by atoms with van der Waals surface area (Å²) in [4.78, 5) is 23.3. The number of hydrogen-bond donors (Lipinski definition) is 5. The zero-order valence-corrected chi connectivity index (χ0v) is 15.3. The Bertz CT molecular complexity index is 643. The van der Waals surface area contributed by atoms with E-state index in [1.807, 2.05) is 11.8 Å². The normalized spacial score (nSPS) is 23.9. The fourth-order valence-corrected chi connectivity index (χ4v) is 4.91. The van der Waals surface area contributed by atoms with Gasteiger partial charge < -0.3 is 26.0 Å². The van der Waals surface area contributed by atoms with Gasteiger partial charge in [0.1, 0.15) is 0 Å². The Kier molecular flexibility index (Phi) is 6.45. The number of carbonyl (C=O) groups is 2. The second kappa shape index (κ2) is 8.79. The predicted octanol–water partition coefficient (Wildman–Crippen LogP) is -0.292. The van der Waals surface area contributed by atoms with Crippen LogP contribution in [-0.4, -0.2) is 52.2 Å². The third-order valence-electron chi connectivity index (χ3n) is 4.85. The van der Waals surface area contributed by atoms with E-state index in [0.29, 0.717) is 23.7 Å². The maximum atomic E-state index is 11.9. The molecule has 0 unspecified atom stereocenters. The third kappa shape index (κ3) is 4.93. The van der Waals surface area contributed by atoms with Crippen LogP contribution in [0, 0.1) is 0 Å². The fraction of sp³-hybridized carbons (Fsp3) is 0.529. The van der Waals surface area contributed by atoms with Crippen molar-refractivity contribution in [3.05, 3.63) is 29.8 Å². The van der Waals surface area contributed by atoms with Crippen LogP contribution in [0.4, 0.5) is 4.79 Å². The van der Waals surface area contributed by atoms with Crippen molar-refractivity contribution in [2.45, 2.75) is 49.6 Å². The van der Waals surface area contributed by atoms with E-state index in [2.05, 4.69) is 16.0 Å². The van der Waals surface area contributed by atoms with Crippen molar-refractivity contribution in [2.75, 3.05) is 5.75 Å². The molecular formula is C17H24BN3O4S. The number of rotatable bonds is 8. The maximum Gasteiger partial charge on any atom is 0.488 e. The summed E-state index contributed by atoms with van der Waals surface area (Å²) < 4.78 is 0. The molecule has 5 N–H and O–H groups in total. The molecule has 9 heteroatoms. The highest BCUT2D eigenvalue weighted by molar-refractivity contribution is 8.00. The molecule has 1 aromatic rings. The average molecular weight is 377 g/mol. The quantitative estimate of drug-likeness (QED) is 0.243. The summed E-state index contributed by atoms with van der Waals surface area (Å²) in [6, 6.07) is 7.22. The van der Waals surface area contributed by atoms with Gasteiger partial charge in [-0.15, -0.1) is 0 Å². The van der Waals surface area contributed by atoms with Crippen LogP contribution in [0.3, 0.4) is 0 Å². The Morgan fingerprint density at radius 3 is 2.73 bits per heavy atom. The summed E-state index contributed by atoms with van der Waals surface area (Å²) in [7, 11) is -1.47. The first-order valence-electron chi connectivity index (χ1n) is 8.93. The van der Waals surface area contributed by atoms with Gasteiger partial charge in [0, 0.05) is 24.0 Å². The Labute approximate surface area is 157 Å². The van der Waals surface area contributed by atoms with Crippen LogP contribution in [0.25, 0.3) is 0 Å². The molecule has 0 saturated carbocycles. The molecule has 2 saturated heterocycles. The smallest absolute Gasteiger partial charge is 0.423 e. The molecule has 0 aliphatic carbocycles. The van der Waals surface area contributed by atoms with E-state index >= 15 is 0 Å². The highest BCUT2D eigenvalue weighted by Gasteiger charge is 2.42.